The molecule has 0 radical (unpaired) electrons. The molecular formula is C20H22F2N4O4. The van der Waals surface area contributed by atoms with E-state index >= 15 is 8.78 Å². The average Bonchev–Trinajstić information content (AvgIpc) is 3.49. The Morgan fingerprint density at radius 2 is 2.10 bits per heavy atom. The first-order valence-electron chi connectivity index (χ1n) is 9.60. The van der Waals surface area contributed by atoms with Crippen molar-refractivity contribution in [1.29, 1.82) is 0 Å². The number of carbonyl (C=O) groups is 1. The Labute approximate surface area is 170 Å². The van der Waals surface area contributed by atoms with Crippen LogP contribution in [0.15, 0.2) is 22.2 Å². The zero-order valence-corrected chi connectivity index (χ0v) is 16.6. The maximum atomic E-state index is 15.7. The molecule has 2 fully saturated rings. The molecule has 160 valence electrons. The van der Waals surface area contributed by atoms with Gasteiger partial charge in [0.05, 0.1) is 22.2 Å². The van der Waals surface area contributed by atoms with Gasteiger partial charge in [-0.15, -0.1) is 0 Å². The highest BCUT2D eigenvalue weighted by Gasteiger charge is 2.37. The summed E-state index contributed by atoms with van der Waals surface area (Å²) in [6, 6.07) is 0.800. The summed E-state index contributed by atoms with van der Waals surface area (Å²) in [5, 5.41) is 13.0. The minimum atomic E-state index is -1.43. The van der Waals surface area contributed by atoms with Gasteiger partial charge in [-0.1, -0.05) is 5.16 Å². The van der Waals surface area contributed by atoms with Crippen LogP contribution in [0, 0.1) is 11.6 Å². The number of aromatic carboxylic acids is 1. The molecule has 1 aromatic heterocycles. The van der Waals surface area contributed by atoms with E-state index in [0.29, 0.717) is 12.1 Å². The van der Waals surface area contributed by atoms with Crippen LogP contribution in [0.2, 0.25) is 0 Å². The number of rotatable bonds is 4. The summed E-state index contributed by atoms with van der Waals surface area (Å²) >= 11 is 0. The maximum Gasteiger partial charge on any atom is 0.341 e. The van der Waals surface area contributed by atoms with Gasteiger partial charge in [0.15, 0.2) is 5.82 Å². The molecule has 2 heterocycles. The topological polar surface area (TPSA) is 110 Å². The van der Waals surface area contributed by atoms with Gasteiger partial charge in [-0.3, -0.25) is 4.79 Å². The molecule has 1 unspecified atom stereocenters. The molecule has 1 saturated heterocycles. The second-order valence-electron chi connectivity index (χ2n) is 8.04. The van der Waals surface area contributed by atoms with Gasteiger partial charge in [-0.05, 0) is 25.8 Å². The largest absolute Gasteiger partial charge is 0.477 e. The molecule has 30 heavy (non-hydrogen) atoms. The number of benzene rings is 1. The van der Waals surface area contributed by atoms with Crippen molar-refractivity contribution >= 4 is 28.3 Å². The molecule has 1 atom stereocenters. The Morgan fingerprint density at radius 1 is 1.40 bits per heavy atom. The molecule has 3 N–H and O–H groups in total. The van der Waals surface area contributed by atoms with Crippen molar-refractivity contribution in [3.63, 3.8) is 0 Å². The Bertz CT molecular complexity index is 1140. The lowest BCUT2D eigenvalue weighted by Gasteiger charge is -2.40. The zero-order chi connectivity index (χ0) is 21.8. The number of hydrogen-bond acceptors (Lipinski definition) is 6. The Balaban J connectivity index is 1.90. The molecule has 1 saturated carbocycles. The van der Waals surface area contributed by atoms with E-state index < -0.39 is 34.1 Å². The van der Waals surface area contributed by atoms with Gasteiger partial charge in [0.25, 0.3) is 0 Å². The fraction of sp³-hybridized carbons (Fsp3) is 0.450. The summed E-state index contributed by atoms with van der Waals surface area (Å²) in [5.41, 5.74) is 4.13. The molecule has 2 aliphatic rings. The Morgan fingerprint density at radius 3 is 2.67 bits per heavy atom. The third kappa shape index (κ3) is 3.20. The lowest BCUT2D eigenvalue weighted by molar-refractivity contribution is 0.0694. The number of pyridine rings is 1. The highest BCUT2D eigenvalue weighted by Crippen LogP contribution is 2.40. The van der Waals surface area contributed by atoms with Crippen LogP contribution >= 0.6 is 0 Å². The van der Waals surface area contributed by atoms with E-state index in [4.69, 9.17) is 10.6 Å². The number of carboxylic acids is 1. The van der Waals surface area contributed by atoms with E-state index in [-0.39, 0.29) is 35.7 Å². The number of oxime groups is 1. The number of fused-ring (bicyclic) bond motifs is 1. The van der Waals surface area contributed by atoms with Gasteiger partial charge in [0, 0.05) is 31.7 Å². The van der Waals surface area contributed by atoms with Crippen LogP contribution in [0.3, 0.4) is 0 Å². The predicted octanol–water partition coefficient (Wildman–Crippen LogP) is 2.24. The number of nitrogens with zero attached hydrogens (tertiary/aromatic N) is 3. The second kappa shape index (κ2) is 7.05. The molecule has 8 nitrogen and oxygen atoms in total. The molecule has 0 amide bonds. The molecule has 2 aromatic rings. The third-order valence-corrected chi connectivity index (χ3v) is 5.67. The minimum absolute atomic E-state index is 0.0843. The number of nitrogens with two attached hydrogens (primary N) is 1. The molecule has 1 aliphatic carbocycles. The van der Waals surface area contributed by atoms with E-state index in [1.54, 1.807) is 6.92 Å². The first-order chi connectivity index (χ1) is 14.2. The molecule has 10 heteroatoms. The van der Waals surface area contributed by atoms with Gasteiger partial charge < -0.3 is 25.1 Å². The SMILES string of the molecule is CO/N=C1/CCN(c2c(F)cc3c(=O)c(C(=O)O)cn(C4CC4)c3c2F)CC1(C)N. The number of hydrogen-bond donors (Lipinski definition) is 2. The zero-order valence-electron chi connectivity index (χ0n) is 16.6. The van der Waals surface area contributed by atoms with E-state index in [1.807, 2.05) is 0 Å². The number of anilines is 1. The first-order valence-corrected chi connectivity index (χ1v) is 9.60. The summed E-state index contributed by atoms with van der Waals surface area (Å²) in [4.78, 5) is 30.3. The molecule has 0 bridgehead atoms. The quantitative estimate of drug-likeness (QED) is 0.734. The van der Waals surface area contributed by atoms with Gasteiger partial charge in [0.2, 0.25) is 5.43 Å². The fourth-order valence-electron chi connectivity index (χ4n) is 4.06. The normalized spacial score (nSPS) is 23.2. The smallest absolute Gasteiger partial charge is 0.341 e. The summed E-state index contributed by atoms with van der Waals surface area (Å²) < 4.78 is 32.2. The first kappa shape index (κ1) is 20.3. The van der Waals surface area contributed by atoms with Crippen LogP contribution in [0.25, 0.3) is 10.9 Å². The summed E-state index contributed by atoms with van der Waals surface area (Å²) in [7, 11) is 1.40. The monoisotopic (exact) mass is 420 g/mol. The number of carboxylic acid groups (broad SMARTS) is 1. The summed E-state index contributed by atoms with van der Waals surface area (Å²) in [6.07, 6.45) is 2.96. The average molecular weight is 420 g/mol. The van der Waals surface area contributed by atoms with Crippen LogP contribution < -0.4 is 16.1 Å². The molecular weight excluding hydrogens is 398 g/mol. The van der Waals surface area contributed by atoms with E-state index in [9.17, 15) is 14.7 Å². The maximum absolute atomic E-state index is 15.7. The van der Waals surface area contributed by atoms with Crippen LogP contribution in [0.1, 0.15) is 42.6 Å². The van der Waals surface area contributed by atoms with Crippen LogP contribution in [-0.2, 0) is 4.84 Å². The van der Waals surface area contributed by atoms with Gasteiger partial charge in [0.1, 0.15) is 24.2 Å². The van der Waals surface area contributed by atoms with Crippen molar-refractivity contribution in [2.45, 2.75) is 37.8 Å². The van der Waals surface area contributed by atoms with Gasteiger partial charge in [-0.25, -0.2) is 13.6 Å². The second-order valence-corrected chi connectivity index (χ2v) is 8.04. The Kier molecular flexibility index (Phi) is 4.76. The van der Waals surface area contributed by atoms with Crippen molar-refractivity contribution in [2.75, 3.05) is 25.1 Å². The number of halogens is 2. The van der Waals surface area contributed by atoms with E-state index in [2.05, 4.69) is 5.16 Å². The number of aromatic nitrogens is 1. The van der Waals surface area contributed by atoms with Crippen LogP contribution in [-0.4, -0.2) is 47.1 Å². The fourth-order valence-corrected chi connectivity index (χ4v) is 4.06. The Hall–Kier alpha value is -3.01. The predicted molar refractivity (Wildman–Crippen MR) is 107 cm³/mol. The van der Waals surface area contributed by atoms with E-state index in [1.165, 1.54) is 16.6 Å². The van der Waals surface area contributed by atoms with E-state index in [0.717, 1.165) is 25.1 Å². The molecule has 1 aliphatic heterocycles. The van der Waals surface area contributed by atoms with Crippen molar-refractivity contribution in [3.8, 4) is 0 Å². The van der Waals surface area contributed by atoms with Crippen molar-refractivity contribution < 1.29 is 23.5 Å². The van der Waals surface area contributed by atoms with Crippen molar-refractivity contribution in [3.05, 3.63) is 39.7 Å². The minimum Gasteiger partial charge on any atom is -0.477 e. The lowest BCUT2D eigenvalue weighted by atomic mass is 9.89. The third-order valence-electron chi connectivity index (χ3n) is 5.67. The molecule has 0 spiro atoms. The van der Waals surface area contributed by atoms with Crippen LogP contribution in [0.4, 0.5) is 14.5 Å². The summed E-state index contributed by atoms with van der Waals surface area (Å²) in [5.74, 6) is -3.26. The van der Waals surface area contributed by atoms with Gasteiger partial charge in [-0.2, -0.15) is 0 Å². The van der Waals surface area contributed by atoms with Crippen molar-refractivity contribution in [1.82, 2.24) is 4.57 Å². The lowest BCUT2D eigenvalue weighted by Crippen LogP contribution is -2.59. The van der Waals surface area contributed by atoms with Gasteiger partial charge >= 0.3 is 5.97 Å². The van der Waals surface area contributed by atoms with Crippen molar-refractivity contribution in [2.24, 2.45) is 10.9 Å². The molecule has 4 rings (SSSR count). The highest BCUT2D eigenvalue weighted by atomic mass is 19.1. The molecule has 1 aromatic carbocycles. The number of piperidine rings is 1. The highest BCUT2D eigenvalue weighted by molar-refractivity contribution is 5.96. The van der Waals surface area contributed by atoms with Crippen LogP contribution in [0.5, 0.6) is 0 Å². The summed E-state index contributed by atoms with van der Waals surface area (Å²) in [6.45, 7) is 2.05. The standard InChI is InChI=1S/C20H22F2N4O4/c1-20(23)9-25(6-5-14(20)24-30-2)17-13(21)7-11-16(15(17)22)26(10-3-4-10)8-12(18(11)27)19(28)29/h7-8,10H,3-6,9,23H2,1-2H3,(H,28,29)/b24-14-.